The molecule has 3 rings (SSSR count). The van der Waals surface area contributed by atoms with Crippen molar-refractivity contribution in [2.45, 2.75) is 52.7 Å². The number of hydrogen-bond donors (Lipinski definition) is 1. The van der Waals surface area contributed by atoms with Gasteiger partial charge < -0.3 is 9.84 Å². The summed E-state index contributed by atoms with van der Waals surface area (Å²) in [6, 6.07) is 7.88. The zero-order valence-corrected chi connectivity index (χ0v) is 17.3. The maximum atomic E-state index is 12.7. The van der Waals surface area contributed by atoms with Crippen LogP contribution in [0.15, 0.2) is 35.4 Å². The van der Waals surface area contributed by atoms with Crippen LogP contribution in [0.1, 0.15) is 36.8 Å². The van der Waals surface area contributed by atoms with Crippen molar-refractivity contribution in [2.75, 3.05) is 6.61 Å². The third-order valence-corrected chi connectivity index (χ3v) is 5.84. The average molecular weight is 387 g/mol. The fraction of sp³-hybridized carbons (Fsp3) is 0.429. The number of nitrogens with zero attached hydrogens (tertiary/aromatic N) is 2. The molecule has 0 radical (unpaired) electrons. The van der Waals surface area contributed by atoms with Crippen LogP contribution in [-0.2, 0) is 12.0 Å². The molecule has 1 atom stereocenters. The van der Waals surface area contributed by atoms with E-state index in [4.69, 9.17) is 4.74 Å². The number of fused-ring (bicyclic) bond motifs is 1. The van der Waals surface area contributed by atoms with Crippen LogP contribution >= 0.6 is 11.3 Å². The predicted molar refractivity (Wildman–Crippen MR) is 110 cm³/mol. The van der Waals surface area contributed by atoms with Crippen LogP contribution < -0.4 is 10.3 Å². The van der Waals surface area contributed by atoms with E-state index >= 15 is 0 Å². The Bertz CT molecular complexity index is 997. The molecule has 2 heterocycles. The molecule has 0 saturated heterocycles. The molecular formula is C21H26N2O3S. The lowest BCUT2D eigenvalue weighted by atomic mass is 9.87. The Morgan fingerprint density at radius 2 is 1.89 bits per heavy atom. The maximum absolute atomic E-state index is 12.7. The van der Waals surface area contributed by atoms with Crippen molar-refractivity contribution in [3.63, 3.8) is 0 Å². The molecule has 27 heavy (non-hydrogen) atoms. The lowest BCUT2D eigenvalue weighted by Gasteiger charge is -2.19. The Morgan fingerprint density at radius 1 is 1.22 bits per heavy atom. The van der Waals surface area contributed by atoms with E-state index in [2.05, 4.69) is 25.8 Å². The van der Waals surface area contributed by atoms with Gasteiger partial charge in [0.25, 0.3) is 5.56 Å². The van der Waals surface area contributed by atoms with Crippen molar-refractivity contribution in [1.29, 1.82) is 0 Å². The summed E-state index contributed by atoms with van der Waals surface area (Å²) < 4.78 is 7.14. The number of thiophene rings is 1. The van der Waals surface area contributed by atoms with E-state index in [-0.39, 0.29) is 24.1 Å². The SMILES string of the molecule is Cc1sc2ncn(C[C@H](O)COc3ccc(C(C)(C)C)cc3)c(=O)c2c1C. The Kier molecular flexibility index (Phi) is 5.40. The van der Waals surface area contributed by atoms with Crippen molar-refractivity contribution in [3.8, 4) is 5.75 Å². The second-order valence-electron chi connectivity index (χ2n) is 7.90. The number of benzene rings is 1. The van der Waals surface area contributed by atoms with E-state index < -0.39 is 6.10 Å². The number of aryl methyl sites for hydroxylation is 2. The maximum Gasteiger partial charge on any atom is 0.262 e. The highest BCUT2D eigenvalue weighted by atomic mass is 32.1. The van der Waals surface area contributed by atoms with E-state index in [1.165, 1.54) is 27.8 Å². The lowest BCUT2D eigenvalue weighted by Crippen LogP contribution is -2.30. The third-order valence-electron chi connectivity index (χ3n) is 4.73. The molecular weight excluding hydrogens is 360 g/mol. The number of ether oxygens (including phenoxy) is 1. The van der Waals surface area contributed by atoms with Gasteiger partial charge in [-0.05, 0) is 42.5 Å². The Labute approximate surface area is 163 Å². The molecule has 0 spiro atoms. The van der Waals surface area contributed by atoms with Gasteiger partial charge in [0.15, 0.2) is 0 Å². The van der Waals surface area contributed by atoms with Crippen LogP contribution in [-0.4, -0.2) is 27.4 Å². The number of hydrogen-bond acceptors (Lipinski definition) is 5. The van der Waals surface area contributed by atoms with Crippen molar-refractivity contribution in [3.05, 3.63) is 57.0 Å². The van der Waals surface area contributed by atoms with Crippen LogP contribution in [0.25, 0.3) is 10.2 Å². The van der Waals surface area contributed by atoms with E-state index in [0.29, 0.717) is 11.1 Å². The second-order valence-corrected chi connectivity index (χ2v) is 9.11. The predicted octanol–water partition coefficient (Wildman–Crippen LogP) is 3.81. The molecule has 1 aromatic carbocycles. The topological polar surface area (TPSA) is 64.3 Å². The van der Waals surface area contributed by atoms with Crippen LogP contribution in [0.5, 0.6) is 5.75 Å². The zero-order chi connectivity index (χ0) is 19.8. The van der Waals surface area contributed by atoms with Gasteiger partial charge in [0.1, 0.15) is 23.3 Å². The molecule has 6 heteroatoms. The summed E-state index contributed by atoms with van der Waals surface area (Å²) in [5.41, 5.74) is 2.16. The molecule has 1 N–H and O–H groups in total. The van der Waals surface area contributed by atoms with Gasteiger partial charge in [0, 0.05) is 4.88 Å². The average Bonchev–Trinajstić information content (AvgIpc) is 2.90. The van der Waals surface area contributed by atoms with Gasteiger partial charge in [-0.1, -0.05) is 32.9 Å². The minimum Gasteiger partial charge on any atom is -0.491 e. The van der Waals surface area contributed by atoms with E-state index in [0.717, 1.165) is 15.3 Å². The summed E-state index contributed by atoms with van der Waals surface area (Å²) in [7, 11) is 0. The molecule has 0 aliphatic rings. The molecule has 2 aromatic heterocycles. The molecule has 0 unspecified atom stereocenters. The molecule has 0 aliphatic heterocycles. The minimum absolute atomic E-state index is 0.0863. The van der Waals surface area contributed by atoms with E-state index in [1.807, 2.05) is 38.1 Å². The molecule has 3 aromatic rings. The number of aromatic nitrogens is 2. The van der Waals surface area contributed by atoms with Gasteiger partial charge in [-0.3, -0.25) is 9.36 Å². The molecule has 144 valence electrons. The number of aliphatic hydroxyl groups excluding tert-OH is 1. The minimum atomic E-state index is -0.802. The highest BCUT2D eigenvalue weighted by Crippen LogP contribution is 2.26. The smallest absolute Gasteiger partial charge is 0.262 e. The van der Waals surface area contributed by atoms with Gasteiger partial charge in [0.05, 0.1) is 18.3 Å². The summed E-state index contributed by atoms with van der Waals surface area (Å²) in [6.07, 6.45) is 0.700. The van der Waals surface area contributed by atoms with E-state index in [1.54, 1.807) is 0 Å². The highest BCUT2D eigenvalue weighted by Gasteiger charge is 2.15. The standard InChI is InChI=1S/C21H26N2O3S/c1-13-14(2)27-19-18(13)20(25)23(12-22-19)10-16(24)11-26-17-8-6-15(7-9-17)21(3,4)5/h6-9,12,16,24H,10-11H2,1-5H3/t16-/m0/s1. The molecule has 0 bridgehead atoms. The number of rotatable bonds is 5. The van der Waals surface area contributed by atoms with Crippen molar-refractivity contribution in [1.82, 2.24) is 9.55 Å². The second kappa shape index (κ2) is 7.44. The van der Waals surface area contributed by atoms with Gasteiger partial charge >= 0.3 is 0 Å². The Balaban J connectivity index is 1.67. The first kappa shape index (κ1) is 19.6. The van der Waals surface area contributed by atoms with Crippen LogP contribution in [0.3, 0.4) is 0 Å². The fourth-order valence-electron chi connectivity index (χ4n) is 2.92. The monoisotopic (exact) mass is 386 g/mol. The molecule has 0 aliphatic carbocycles. The Morgan fingerprint density at radius 3 is 2.52 bits per heavy atom. The summed E-state index contributed by atoms with van der Waals surface area (Å²) >= 11 is 1.52. The summed E-state index contributed by atoms with van der Waals surface area (Å²) in [5, 5.41) is 11.0. The normalized spacial score (nSPS) is 13.1. The van der Waals surface area contributed by atoms with Crippen molar-refractivity contribution < 1.29 is 9.84 Å². The van der Waals surface area contributed by atoms with Gasteiger partial charge in [-0.15, -0.1) is 11.3 Å². The van der Waals surface area contributed by atoms with Gasteiger partial charge in [-0.25, -0.2) is 4.98 Å². The molecule has 5 nitrogen and oxygen atoms in total. The first-order valence-electron chi connectivity index (χ1n) is 9.03. The summed E-state index contributed by atoms with van der Waals surface area (Å²) in [6.45, 7) is 10.7. The van der Waals surface area contributed by atoms with Crippen molar-refractivity contribution >= 4 is 21.6 Å². The van der Waals surface area contributed by atoms with Crippen LogP contribution in [0.2, 0.25) is 0 Å². The molecule has 0 saturated carbocycles. The van der Waals surface area contributed by atoms with Crippen molar-refractivity contribution in [2.24, 2.45) is 0 Å². The summed E-state index contributed by atoms with van der Waals surface area (Å²) in [5.74, 6) is 0.701. The third kappa shape index (κ3) is 4.22. The Hall–Kier alpha value is -2.18. The summed E-state index contributed by atoms with van der Waals surface area (Å²) in [4.78, 5) is 18.9. The fourth-order valence-corrected chi connectivity index (χ4v) is 3.91. The first-order valence-corrected chi connectivity index (χ1v) is 9.85. The van der Waals surface area contributed by atoms with Crippen LogP contribution in [0, 0.1) is 13.8 Å². The van der Waals surface area contributed by atoms with Crippen LogP contribution in [0.4, 0.5) is 0 Å². The number of aliphatic hydroxyl groups is 1. The molecule has 0 fully saturated rings. The van der Waals surface area contributed by atoms with E-state index in [9.17, 15) is 9.90 Å². The quantitative estimate of drug-likeness (QED) is 0.724. The highest BCUT2D eigenvalue weighted by molar-refractivity contribution is 7.18. The zero-order valence-electron chi connectivity index (χ0n) is 16.4. The molecule has 0 amide bonds. The lowest BCUT2D eigenvalue weighted by molar-refractivity contribution is 0.0914. The largest absolute Gasteiger partial charge is 0.491 e. The van der Waals surface area contributed by atoms with Gasteiger partial charge in [0.2, 0.25) is 0 Å². The van der Waals surface area contributed by atoms with Gasteiger partial charge in [-0.2, -0.15) is 0 Å². The first-order chi connectivity index (χ1) is 12.7.